The summed E-state index contributed by atoms with van der Waals surface area (Å²) in [6, 6.07) is 9.03. The maximum Gasteiger partial charge on any atom is 0.232 e. The zero-order valence-corrected chi connectivity index (χ0v) is 13.3. The summed E-state index contributed by atoms with van der Waals surface area (Å²) < 4.78 is 28.9. The molecule has 0 unspecified atom stereocenters. The van der Waals surface area contributed by atoms with Gasteiger partial charge in [0.1, 0.15) is 12.7 Å². The van der Waals surface area contributed by atoms with Crippen molar-refractivity contribution in [1.82, 2.24) is 24.5 Å². The Bertz CT molecular complexity index is 859. The molecular weight excluding hydrogens is 316 g/mol. The standard InChI is InChI=1S/C14H16N6O2S/c1-23(21,22)20(9-8-18-12-15-11-17-18)14-5-2-4-13(10-14)19-7-3-6-16-19/h2-7,10-12H,8-9H2,1H3. The number of anilines is 1. The highest BCUT2D eigenvalue weighted by molar-refractivity contribution is 7.92. The van der Waals surface area contributed by atoms with E-state index in [0.717, 1.165) is 5.69 Å². The van der Waals surface area contributed by atoms with Gasteiger partial charge in [-0.15, -0.1) is 0 Å². The third kappa shape index (κ3) is 3.57. The van der Waals surface area contributed by atoms with Crippen molar-refractivity contribution in [3.63, 3.8) is 0 Å². The van der Waals surface area contributed by atoms with E-state index < -0.39 is 10.0 Å². The molecule has 8 nitrogen and oxygen atoms in total. The average Bonchev–Trinajstić information content (AvgIpc) is 3.20. The Morgan fingerprint density at radius 1 is 1.22 bits per heavy atom. The molecule has 0 N–H and O–H groups in total. The average molecular weight is 332 g/mol. The summed E-state index contributed by atoms with van der Waals surface area (Å²) in [4.78, 5) is 3.86. The van der Waals surface area contributed by atoms with Crippen LogP contribution in [0.5, 0.6) is 0 Å². The molecule has 0 radical (unpaired) electrons. The highest BCUT2D eigenvalue weighted by Crippen LogP contribution is 2.21. The second-order valence-corrected chi connectivity index (χ2v) is 6.87. The second-order valence-electron chi connectivity index (χ2n) is 4.96. The highest BCUT2D eigenvalue weighted by Gasteiger charge is 2.18. The van der Waals surface area contributed by atoms with Gasteiger partial charge >= 0.3 is 0 Å². The number of benzene rings is 1. The van der Waals surface area contributed by atoms with E-state index in [1.165, 1.54) is 16.9 Å². The lowest BCUT2D eigenvalue weighted by Gasteiger charge is -2.22. The Morgan fingerprint density at radius 3 is 2.74 bits per heavy atom. The molecule has 1 aromatic carbocycles. The van der Waals surface area contributed by atoms with Crippen LogP contribution in [-0.4, -0.2) is 45.8 Å². The molecular formula is C14H16N6O2S. The number of sulfonamides is 1. The Kier molecular flexibility index (Phi) is 4.11. The first-order valence-electron chi connectivity index (χ1n) is 6.94. The molecule has 0 bridgehead atoms. The van der Waals surface area contributed by atoms with Gasteiger partial charge in [0.15, 0.2) is 0 Å². The number of aromatic nitrogens is 5. The van der Waals surface area contributed by atoms with Crippen LogP contribution < -0.4 is 4.31 Å². The summed E-state index contributed by atoms with van der Waals surface area (Å²) in [5.74, 6) is 0. The van der Waals surface area contributed by atoms with Crippen molar-refractivity contribution in [2.24, 2.45) is 0 Å². The molecule has 3 rings (SSSR count). The molecule has 0 aliphatic heterocycles. The van der Waals surface area contributed by atoms with Gasteiger partial charge in [-0.05, 0) is 24.3 Å². The van der Waals surface area contributed by atoms with E-state index in [0.29, 0.717) is 12.2 Å². The fraction of sp³-hybridized carbons (Fsp3) is 0.214. The van der Waals surface area contributed by atoms with Gasteiger partial charge in [-0.2, -0.15) is 10.2 Å². The van der Waals surface area contributed by atoms with Crippen LogP contribution in [0.2, 0.25) is 0 Å². The lowest BCUT2D eigenvalue weighted by molar-refractivity contribution is 0.581. The smallest absolute Gasteiger partial charge is 0.232 e. The summed E-state index contributed by atoms with van der Waals surface area (Å²) in [6.45, 7) is 0.684. The molecule has 0 saturated heterocycles. The van der Waals surface area contributed by atoms with Crippen molar-refractivity contribution < 1.29 is 8.42 Å². The van der Waals surface area contributed by atoms with Crippen LogP contribution in [0.1, 0.15) is 0 Å². The van der Waals surface area contributed by atoms with E-state index in [9.17, 15) is 8.42 Å². The molecule has 0 amide bonds. The highest BCUT2D eigenvalue weighted by atomic mass is 32.2. The fourth-order valence-electron chi connectivity index (χ4n) is 2.24. The Balaban J connectivity index is 1.89. The van der Waals surface area contributed by atoms with Gasteiger partial charge in [0, 0.05) is 12.4 Å². The molecule has 23 heavy (non-hydrogen) atoms. The van der Waals surface area contributed by atoms with Gasteiger partial charge in [0.25, 0.3) is 0 Å². The lowest BCUT2D eigenvalue weighted by atomic mass is 10.3. The maximum absolute atomic E-state index is 12.1. The third-order valence-electron chi connectivity index (χ3n) is 3.29. The van der Waals surface area contributed by atoms with Crippen LogP contribution in [-0.2, 0) is 16.6 Å². The summed E-state index contributed by atoms with van der Waals surface area (Å²) in [7, 11) is -3.41. The minimum Gasteiger partial charge on any atom is -0.269 e. The first kappa shape index (κ1) is 15.2. The largest absolute Gasteiger partial charge is 0.269 e. The van der Waals surface area contributed by atoms with Gasteiger partial charge in [-0.25, -0.2) is 18.1 Å². The first-order chi connectivity index (χ1) is 11.0. The zero-order valence-electron chi connectivity index (χ0n) is 12.5. The van der Waals surface area contributed by atoms with Gasteiger partial charge in [0.05, 0.1) is 30.7 Å². The number of hydrogen-bond donors (Lipinski definition) is 0. The number of hydrogen-bond acceptors (Lipinski definition) is 5. The minimum atomic E-state index is -3.41. The Labute approximate surface area is 134 Å². The lowest BCUT2D eigenvalue weighted by Crippen LogP contribution is -2.33. The molecule has 3 aromatic rings. The normalized spacial score (nSPS) is 11.5. The molecule has 2 heterocycles. The maximum atomic E-state index is 12.1. The SMILES string of the molecule is CS(=O)(=O)N(CCn1cncn1)c1cccc(-n2cccn2)c1. The van der Waals surface area contributed by atoms with Crippen molar-refractivity contribution in [3.8, 4) is 5.69 Å². The predicted molar refractivity (Wildman–Crippen MR) is 85.8 cm³/mol. The molecule has 9 heteroatoms. The summed E-state index contributed by atoms with van der Waals surface area (Å²) in [6.07, 6.45) is 7.64. The van der Waals surface area contributed by atoms with Crippen LogP contribution in [0.4, 0.5) is 5.69 Å². The van der Waals surface area contributed by atoms with E-state index >= 15 is 0 Å². The van der Waals surface area contributed by atoms with Crippen molar-refractivity contribution >= 4 is 15.7 Å². The molecule has 0 aliphatic carbocycles. The van der Waals surface area contributed by atoms with Crippen LogP contribution in [0.15, 0.2) is 55.4 Å². The Morgan fingerprint density at radius 2 is 2.09 bits per heavy atom. The monoisotopic (exact) mass is 332 g/mol. The summed E-state index contributed by atoms with van der Waals surface area (Å²) >= 11 is 0. The quantitative estimate of drug-likeness (QED) is 0.670. The minimum absolute atomic E-state index is 0.269. The van der Waals surface area contributed by atoms with E-state index in [1.54, 1.807) is 46.3 Å². The van der Waals surface area contributed by atoms with Gasteiger partial charge in [-0.3, -0.25) is 8.99 Å². The molecule has 2 aromatic heterocycles. The van der Waals surface area contributed by atoms with Crippen LogP contribution in [0.3, 0.4) is 0 Å². The van der Waals surface area contributed by atoms with Crippen LogP contribution in [0.25, 0.3) is 5.69 Å². The van der Waals surface area contributed by atoms with Crippen molar-refractivity contribution in [2.45, 2.75) is 6.54 Å². The summed E-state index contributed by atoms with van der Waals surface area (Å²) in [5.41, 5.74) is 1.38. The molecule has 0 atom stereocenters. The number of nitrogens with zero attached hydrogens (tertiary/aromatic N) is 6. The topological polar surface area (TPSA) is 85.9 Å². The van der Waals surface area contributed by atoms with Crippen molar-refractivity contribution in [2.75, 3.05) is 17.1 Å². The fourth-order valence-corrected chi connectivity index (χ4v) is 3.15. The Hall–Kier alpha value is -2.68. The van der Waals surface area contributed by atoms with E-state index in [4.69, 9.17) is 0 Å². The predicted octanol–water partition coefficient (Wildman–Crippen LogP) is 0.930. The zero-order chi connectivity index (χ0) is 16.3. The second kappa shape index (κ2) is 6.21. The van der Waals surface area contributed by atoms with Crippen LogP contribution >= 0.6 is 0 Å². The summed E-state index contributed by atoms with van der Waals surface area (Å²) in [5, 5.41) is 8.15. The van der Waals surface area contributed by atoms with Gasteiger partial charge < -0.3 is 0 Å². The molecule has 0 aliphatic rings. The number of rotatable bonds is 6. The van der Waals surface area contributed by atoms with Gasteiger partial charge in [-0.1, -0.05) is 6.07 Å². The first-order valence-corrected chi connectivity index (χ1v) is 8.79. The van der Waals surface area contributed by atoms with E-state index in [1.807, 2.05) is 12.1 Å². The molecule has 0 fully saturated rings. The van der Waals surface area contributed by atoms with E-state index in [-0.39, 0.29) is 6.54 Å². The van der Waals surface area contributed by atoms with Crippen molar-refractivity contribution in [1.29, 1.82) is 0 Å². The van der Waals surface area contributed by atoms with Gasteiger partial charge in [0.2, 0.25) is 10.0 Å². The van der Waals surface area contributed by atoms with Crippen LogP contribution in [0, 0.1) is 0 Å². The molecule has 0 spiro atoms. The third-order valence-corrected chi connectivity index (χ3v) is 4.48. The van der Waals surface area contributed by atoms with E-state index in [2.05, 4.69) is 15.2 Å². The molecule has 120 valence electrons. The molecule has 0 saturated carbocycles. The van der Waals surface area contributed by atoms with Crippen molar-refractivity contribution in [3.05, 3.63) is 55.4 Å².